The van der Waals surface area contributed by atoms with Gasteiger partial charge in [0.2, 0.25) is 11.8 Å². The van der Waals surface area contributed by atoms with Crippen LogP contribution in [0.15, 0.2) is 0 Å². The summed E-state index contributed by atoms with van der Waals surface area (Å²) < 4.78 is 0. The van der Waals surface area contributed by atoms with Crippen LogP contribution in [0, 0.1) is 5.41 Å². The number of carbonyl (C=O) groups excluding carboxylic acids is 2. The van der Waals surface area contributed by atoms with Gasteiger partial charge in [-0.05, 0) is 30.4 Å². The van der Waals surface area contributed by atoms with Gasteiger partial charge in [-0.3, -0.25) is 14.5 Å². The minimum atomic E-state index is 0.0247. The molecule has 4 heteroatoms. The smallest absolute Gasteiger partial charge is 0.229 e. The standard InChI is InChI=1S/C14H23NO2S/c16-12-6-5-7-13(17)15(12)10-14(11-18)8-3-1-2-4-9-14/h18H,1-11H2. The molecule has 18 heavy (non-hydrogen) atoms. The van der Waals surface area contributed by atoms with Crippen LogP contribution in [0.3, 0.4) is 0 Å². The number of carbonyl (C=O) groups is 2. The summed E-state index contributed by atoms with van der Waals surface area (Å²) >= 11 is 4.51. The predicted octanol–water partition coefficient (Wildman–Crippen LogP) is 2.80. The Labute approximate surface area is 115 Å². The molecule has 0 aromatic rings. The molecule has 0 radical (unpaired) electrons. The topological polar surface area (TPSA) is 37.4 Å². The van der Waals surface area contributed by atoms with Crippen LogP contribution in [-0.4, -0.2) is 29.0 Å². The van der Waals surface area contributed by atoms with Crippen LogP contribution in [-0.2, 0) is 9.59 Å². The second-order valence-electron chi connectivity index (χ2n) is 5.80. The molecule has 1 saturated carbocycles. The second kappa shape index (κ2) is 6.09. The first-order valence-electron chi connectivity index (χ1n) is 7.11. The fraction of sp³-hybridized carbons (Fsp3) is 0.857. The lowest BCUT2D eigenvalue weighted by Gasteiger charge is -2.37. The highest BCUT2D eigenvalue weighted by Crippen LogP contribution is 2.37. The van der Waals surface area contributed by atoms with Crippen LogP contribution in [0.2, 0.25) is 0 Å². The largest absolute Gasteiger partial charge is 0.282 e. The summed E-state index contributed by atoms with van der Waals surface area (Å²) in [7, 11) is 0. The van der Waals surface area contributed by atoms with Crippen LogP contribution >= 0.6 is 12.6 Å². The van der Waals surface area contributed by atoms with E-state index in [9.17, 15) is 9.59 Å². The quantitative estimate of drug-likeness (QED) is 0.486. The van der Waals surface area contributed by atoms with Crippen molar-refractivity contribution in [3.05, 3.63) is 0 Å². The third-order valence-electron chi connectivity index (χ3n) is 4.38. The minimum absolute atomic E-state index is 0.0247. The maximum absolute atomic E-state index is 11.9. The molecule has 3 nitrogen and oxygen atoms in total. The van der Waals surface area contributed by atoms with E-state index in [2.05, 4.69) is 12.6 Å². The van der Waals surface area contributed by atoms with Crippen molar-refractivity contribution in [1.82, 2.24) is 4.90 Å². The summed E-state index contributed by atoms with van der Waals surface area (Å²) in [5.74, 6) is 0.831. The molecule has 2 amide bonds. The zero-order valence-corrected chi connectivity index (χ0v) is 11.9. The second-order valence-corrected chi connectivity index (χ2v) is 6.12. The van der Waals surface area contributed by atoms with Gasteiger partial charge in [0, 0.05) is 19.4 Å². The summed E-state index contributed by atoms with van der Waals surface area (Å²) in [6.45, 7) is 0.605. The van der Waals surface area contributed by atoms with Gasteiger partial charge in [-0.25, -0.2) is 0 Å². The number of hydrogen-bond acceptors (Lipinski definition) is 3. The van der Waals surface area contributed by atoms with Crippen molar-refractivity contribution in [2.45, 2.75) is 57.8 Å². The van der Waals surface area contributed by atoms with E-state index in [1.807, 2.05) is 0 Å². The van der Waals surface area contributed by atoms with E-state index in [1.165, 1.54) is 30.6 Å². The molecule has 0 aromatic heterocycles. The number of nitrogens with zero attached hydrogens (tertiary/aromatic N) is 1. The van der Waals surface area contributed by atoms with Crippen molar-refractivity contribution in [3.8, 4) is 0 Å². The van der Waals surface area contributed by atoms with Gasteiger partial charge in [0.1, 0.15) is 0 Å². The molecule has 1 heterocycles. The molecule has 0 unspecified atom stereocenters. The van der Waals surface area contributed by atoms with Crippen LogP contribution in [0.5, 0.6) is 0 Å². The molecule has 0 N–H and O–H groups in total. The Kier molecular flexibility index (Phi) is 4.71. The molecule has 1 aliphatic carbocycles. The van der Waals surface area contributed by atoms with Gasteiger partial charge in [0.25, 0.3) is 0 Å². The van der Waals surface area contributed by atoms with Gasteiger partial charge >= 0.3 is 0 Å². The summed E-state index contributed by atoms with van der Waals surface area (Å²) in [4.78, 5) is 25.3. The first kappa shape index (κ1) is 13.9. The molecule has 2 aliphatic rings. The Morgan fingerprint density at radius 1 is 0.944 bits per heavy atom. The number of piperidine rings is 1. The Bertz CT molecular complexity index is 306. The number of likely N-dealkylation sites (tertiary alicyclic amines) is 1. The maximum atomic E-state index is 11.9. The van der Waals surface area contributed by atoms with E-state index >= 15 is 0 Å². The van der Waals surface area contributed by atoms with E-state index in [0.717, 1.165) is 25.0 Å². The molecule has 2 rings (SSSR count). The van der Waals surface area contributed by atoms with Gasteiger partial charge in [-0.1, -0.05) is 25.7 Å². The molecular weight excluding hydrogens is 246 g/mol. The van der Waals surface area contributed by atoms with Gasteiger partial charge < -0.3 is 0 Å². The average molecular weight is 269 g/mol. The molecule has 1 aliphatic heterocycles. The van der Waals surface area contributed by atoms with E-state index in [4.69, 9.17) is 0 Å². The SMILES string of the molecule is O=C1CCCC(=O)N1CC1(CS)CCCCCC1. The third-order valence-corrected chi connectivity index (χ3v) is 5.05. The number of rotatable bonds is 3. The van der Waals surface area contributed by atoms with Crippen LogP contribution in [0.25, 0.3) is 0 Å². The maximum Gasteiger partial charge on any atom is 0.229 e. The van der Waals surface area contributed by atoms with Gasteiger partial charge in [0.15, 0.2) is 0 Å². The van der Waals surface area contributed by atoms with Crippen LogP contribution in [0.4, 0.5) is 0 Å². The highest BCUT2D eigenvalue weighted by molar-refractivity contribution is 7.80. The zero-order valence-electron chi connectivity index (χ0n) is 11.0. The first-order chi connectivity index (χ1) is 8.67. The van der Waals surface area contributed by atoms with Crippen LogP contribution in [0.1, 0.15) is 57.8 Å². The van der Waals surface area contributed by atoms with Crippen LogP contribution < -0.4 is 0 Å². The summed E-state index contributed by atoms with van der Waals surface area (Å²) in [6, 6.07) is 0. The zero-order chi connectivity index (χ0) is 13.0. The molecular formula is C14H23NO2S. The molecule has 0 spiro atoms. The highest BCUT2D eigenvalue weighted by Gasteiger charge is 2.36. The Balaban J connectivity index is 2.07. The number of amides is 2. The Morgan fingerprint density at radius 3 is 2.00 bits per heavy atom. The molecule has 0 bridgehead atoms. The van der Waals surface area contributed by atoms with Crippen molar-refractivity contribution in [3.63, 3.8) is 0 Å². The van der Waals surface area contributed by atoms with Crippen molar-refractivity contribution in [1.29, 1.82) is 0 Å². The number of hydrogen-bond donors (Lipinski definition) is 1. The van der Waals surface area contributed by atoms with Crippen molar-refractivity contribution >= 4 is 24.4 Å². The van der Waals surface area contributed by atoms with E-state index in [0.29, 0.717) is 19.4 Å². The molecule has 1 saturated heterocycles. The Morgan fingerprint density at radius 2 is 1.50 bits per heavy atom. The van der Waals surface area contributed by atoms with Gasteiger partial charge in [0.05, 0.1) is 0 Å². The lowest BCUT2D eigenvalue weighted by Crippen LogP contribution is -2.47. The van der Waals surface area contributed by atoms with Gasteiger partial charge in [-0.15, -0.1) is 0 Å². The lowest BCUT2D eigenvalue weighted by molar-refractivity contribution is -0.149. The van der Waals surface area contributed by atoms with Crippen molar-refractivity contribution < 1.29 is 9.59 Å². The highest BCUT2D eigenvalue weighted by atomic mass is 32.1. The monoisotopic (exact) mass is 269 g/mol. The van der Waals surface area contributed by atoms with E-state index in [1.54, 1.807) is 0 Å². The molecule has 102 valence electrons. The summed E-state index contributed by atoms with van der Waals surface area (Å²) in [5, 5.41) is 0. The van der Waals surface area contributed by atoms with E-state index in [-0.39, 0.29) is 17.2 Å². The third kappa shape index (κ3) is 3.08. The summed E-state index contributed by atoms with van der Waals surface area (Å²) in [6.07, 6.45) is 8.97. The minimum Gasteiger partial charge on any atom is -0.282 e. The fourth-order valence-corrected chi connectivity index (χ4v) is 3.57. The predicted molar refractivity (Wildman–Crippen MR) is 74.6 cm³/mol. The fourth-order valence-electron chi connectivity index (χ4n) is 3.16. The molecule has 2 fully saturated rings. The average Bonchev–Trinajstić information content (AvgIpc) is 2.60. The molecule has 0 atom stereocenters. The Hall–Kier alpha value is -0.510. The first-order valence-corrected chi connectivity index (χ1v) is 7.74. The van der Waals surface area contributed by atoms with E-state index < -0.39 is 0 Å². The number of thiol groups is 1. The molecule has 0 aromatic carbocycles. The van der Waals surface area contributed by atoms with Crippen molar-refractivity contribution in [2.75, 3.05) is 12.3 Å². The van der Waals surface area contributed by atoms with Gasteiger partial charge in [-0.2, -0.15) is 12.6 Å². The summed E-state index contributed by atoms with van der Waals surface area (Å²) in [5.41, 5.74) is 0.0717. The lowest BCUT2D eigenvalue weighted by atomic mass is 9.81. The van der Waals surface area contributed by atoms with Crippen molar-refractivity contribution in [2.24, 2.45) is 5.41 Å². The number of imide groups is 1. The normalized spacial score (nSPS) is 25.1.